The standard InChI is InChI=1S/C18H31NO2.C16H27NO2/c1-17(2,3)14-11-15(18(4,5)6)13-16(12-14)19(7-9-20)8-10-21;1-12(2)14-9-15(13(3)4)11-16(10-14)17(5-7-18)6-8-19/h11-13,20-21H,7-10H2,1-6H3;9-13,18-19H,5-8H2,1-4H3. The molecule has 0 amide bonds. The SMILES string of the molecule is CC(C)(C)c1cc(N(CCO)CCO)cc(C(C)(C)C)c1.CC(C)c1cc(C(C)C)cc(N(CCO)CCO)c1. The van der Waals surface area contributed by atoms with E-state index in [0.29, 0.717) is 38.0 Å². The van der Waals surface area contributed by atoms with Gasteiger partial charge in [0.2, 0.25) is 0 Å². The van der Waals surface area contributed by atoms with Crippen molar-refractivity contribution in [2.75, 3.05) is 62.4 Å². The molecule has 2 aromatic carbocycles. The highest BCUT2D eigenvalue weighted by Crippen LogP contribution is 2.33. The molecule has 0 aliphatic carbocycles. The van der Waals surface area contributed by atoms with E-state index in [9.17, 15) is 10.2 Å². The normalized spacial score (nSPS) is 12.0. The zero-order chi connectivity index (χ0) is 30.7. The minimum Gasteiger partial charge on any atom is -0.395 e. The Kier molecular flexibility index (Phi) is 14.7. The zero-order valence-electron chi connectivity index (χ0n) is 27.0. The number of hydrogen-bond donors (Lipinski definition) is 4. The summed E-state index contributed by atoms with van der Waals surface area (Å²) in [7, 11) is 0. The molecule has 0 spiro atoms. The van der Waals surface area contributed by atoms with Crippen molar-refractivity contribution in [1.29, 1.82) is 0 Å². The molecular formula is C34H58N2O4. The van der Waals surface area contributed by atoms with E-state index < -0.39 is 0 Å². The summed E-state index contributed by atoms with van der Waals surface area (Å²) in [5, 5.41) is 36.8. The molecule has 0 saturated heterocycles. The van der Waals surface area contributed by atoms with Crippen molar-refractivity contribution in [2.24, 2.45) is 0 Å². The van der Waals surface area contributed by atoms with Gasteiger partial charge in [-0.05, 0) is 69.2 Å². The summed E-state index contributed by atoms with van der Waals surface area (Å²) >= 11 is 0. The fourth-order valence-electron chi connectivity index (χ4n) is 4.39. The van der Waals surface area contributed by atoms with Crippen molar-refractivity contribution in [2.45, 2.75) is 91.9 Å². The highest BCUT2D eigenvalue weighted by molar-refractivity contribution is 5.54. The number of benzene rings is 2. The lowest BCUT2D eigenvalue weighted by atomic mass is 9.80. The average Bonchev–Trinajstić information content (AvgIpc) is 2.87. The van der Waals surface area contributed by atoms with Gasteiger partial charge >= 0.3 is 0 Å². The van der Waals surface area contributed by atoms with Crippen LogP contribution in [0.4, 0.5) is 11.4 Å². The van der Waals surface area contributed by atoms with Crippen LogP contribution in [0.5, 0.6) is 0 Å². The highest BCUT2D eigenvalue weighted by atomic mass is 16.3. The maximum Gasteiger partial charge on any atom is 0.0606 e. The number of aliphatic hydroxyl groups is 4. The maximum absolute atomic E-state index is 9.26. The number of hydrogen-bond acceptors (Lipinski definition) is 6. The number of nitrogens with zero attached hydrogens (tertiary/aromatic N) is 2. The average molecular weight is 559 g/mol. The second-order valence-corrected chi connectivity index (χ2v) is 13.3. The molecule has 0 heterocycles. The highest BCUT2D eigenvalue weighted by Gasteiger charge is 2.22. The summed E-state index contributed by atoms with van der Waals surface area (Å²) in [5.74, 6) is 0.949. The fraction of sp³-hybridized carbons (Fsp3) is 0.647. The van der Waals surface area contributed by atoms with Gasteiger partial charge in [0.15, 0.2) is 0 Å². The predicted molar refractivity (Wildman–Crippen MR) is 171 cm³/mol. The Morgan fingerprint density at radius 2 is 0.800 bits per heavy atom. The smallest absolute Gasteiger partial charge is 0.0606 e. The van der Waals surface area contributed by atoms with Crippen molar-refractivity contribution >= 4 is 11.4 Å². The van der Waals surface area contributed by atoms with E-state index >= 15 is 0 Å². The monoisotopic (exact) mass is 558 g/mol. The van der Waals surface area contributed by atoms with Crippen molar-refractivity contribution < 1.29 is 20.4 Å². The van der Waals surface area contributed by atoms with Gasteiger partial charge in [-0.3, -0.25) is 0 Å². The molecule has 40 heavy (non-hydrogen) atoms. The van der Waals surface area contributed by atoms with Crippen LogP contribution in [0.25, 0.3) is 0 Å². The summed E-state index contributed by atoms with van der Waals surface area (Å²) in [4.78, 5) is 4.09. The molecule has 0 aromatic heterocycles. The number of aliphatic hydroxyl groups excluding tert-OH is 4. The molecule has 0 aliphatic rings. The molecule has 0 saturated carbocycles. The summed E-state index contributed by atoms with van der Waals surface area (Å²) in [6.45, 7) is 24.6. The van der Waals surface area contributed by atoms with Crippen LogP contribution >= 0.6 is 0 Å². The van der Waals surface area contributed by atoms with Crippen LogP contribution in [0.2, 0.25) is 0 Å². The summed E-state index contributed by atoms with van der Waals surface area (Å²) in [5.41, 5.74) is 7.49. The molecule has 228 valence electrons. The molecule has 2 aromatic rings. The van der Waals surface area contributed by atoms with Crippen LogP contribution in [0.15, 0.2) is 36.4 Å². The van der Waals surface area contributed by atoms with Crippen LogP contribution in [0.3, 0.4) is 0 Å². The van der Waals surface area contributed by atoms with E-state index in [2.05, 4.69) is 106 Å². The predicted octanol–water partition coefficient (Wildman–Crippen LogP) is 5.80. The Labute approximate surface area is 244 Å². The first-order valence-electron chi connectivity index (χ1n) is 14.8. The van der Waals surface area contributed by atoms with Gasteiger partial charge in [-0.15, -0.1) is 0 Å². The summed E-state index contributed by atoms with van der Waals surface area (Å²) < 4.78 is 0. The Balaban J connectivity index is 0.000000402. The van der Waals surface area contributed by atoms with Gasteiger partial charge in [0, 0.05) is 37.6 Å². The van der Waals surface area contributed by atoms with Crippen molar-refractivity contribution in [3.8, 4) is 0 Å². The van der Waals surface area contributed by atoms with Gasteiger partial charge in [0.05, 0.1) is 26.4 Å². The van der Waals surface area contributed by atoms with Gasteiger partial charge in [-0.25, -0.2) is 0 Å². The molecule has 0 atom stereocenters. The molecule has 6 heteroatoms. The van der Waals surface area contributed by atoms with Crippen LogP contribution in [-0.4, -0.2) is 73.0 Å². The van der Waals surface area contributed by atoms with E-state index in [1.165, 1.54) is 22.3 Å². The van der Waals surface area contributed by atoms with Crippen molar-refractivity contribution in [3.05, 3.63) is 58.7 Å². The third-order valence-corrected chi connectivity index (χ3v) is 7.16. The largest absolute Gasteiger partial charge is 0.395 e. The third kappa shape index (κ3) is 11.4. The minimum atomic E-state index is 0.0696. The molecule has 0 radical (unpaired) electrons. The molecule has 4 N–H and O–H groups in total. The Hall–Kier alpha value is -2.12. The van der Waals surface area contributed by atoms with Crippen molar-refractivity contribution in [3.63, 3.8) is 0 Å². The lowest BCUT2D eigenvalue weighted by Crippen LogP contribution is -2.30. The second-order valence-electron chi connectivity index (χ2n) is 13.3. The van der Waals surface area contributed by atoms with E-state index in [1.807, 2.05) is 9.80 Å². The van der Waals surface area contributed by atoms with Gasteiger partial charge in [-0.2, -0.15) is 0 Å². The van der Waals surface area contributed by atoms with Gasteiger partial charge in [0.25, 0.3) is 0 Å². The van der Waals surface area contributed by atoms with Crippen LogP contribution in [0.1, 0.15) is 103 Å². The van der Waals surface area contributed by atoms with E-state index in [4.69, 9.17) is 10.2 Å². The van der Waals surface area contributed by atoms with E-state index in [-0.39, 0.29) is 37.3 Å². The molecule has 2 rings (SSSR count). The molecule has 0 bridgehead atoms. The number of rotatable bonds is 12. The lowest BCUT2D eigenvalue weighted by molar-refractivity contribution is 0.280. The van der Waals surface area contributed by atoms with E-state index in [1.54, 1.807) is 0 Å². The Morgan fingerprint density at radius 3 is 1.05 bits per heavy atom. The Morgan fingerprint density at radius 1 is 0.500 bits per heavy atom. The van der Waals surface area contributed by atoms with Gasteiger partial charge in [-0.1, -0.05) is 81.4 Å². The fourth-order valence-corrected chi connectivity index (χ4v) is 4.39. The first kappa shape index (κ1) is 35.9. The number of anilines is 2. The quantitative estimate of drug-likeness (QED) is 0.264. The van der Waals surface area contributed by atoms with Gasteiger partial charge in [0.1, 0.15) is 0 Å². The van der Waals surface area contributed by atoms with E-state index in [0.717, 1.165) is 11.4 Å². The minimum absolute atomic E-state index is 0.0696. The summed E-state index contributed by atoms with van der Waals surface area (Å²) in [6, 6.07) is 13.2. The molecule has 0 unspecified atom stereocenters. The van der Waals surface area contributed by atoms with Crippen LogP contribution in [-0.2, 0) is 10.8 Å². The molecule has 0 aliphatic heterocycles. The molecule has 6 nitrogen and oxygen atoms in total. The first-order chi connectivity index (χ1) is 18.6. The van der Waals surface area contributed by atoms with Crippen LogP contribution in [0, 0.1) is 0 Å². The third-order valence-electron chi connectivity index (χ3n) is 7.16. The van der Waals surface area contributed by atoms with Crippen molar-refractivity contribution in [1.82, 2.24) is 0 Å². The zero-order valence-corrected chi connectivity index (χ0v) is 27.0. The topological polar surface area (TPSA) is 87.4 Å². The maximum atomic E-state index is 9.26. The van der Waals surface area contributed by atoms with Crippen LogP contribution < -0.4 is 9.80 Å². The summed E-state index contributed by atoms with van der Waals surface area (Å²) in [6.07, 6.45) is 0. The first-order valence-corrected chi connectivity index (χ1v) is 14.8. The Bertz CT molecular complexity index is 935. The van der Waals surface area contributed by atoms with Gasteiger partial charge < -0.3 is 30.2 Å². The molecular weight excluding hydrogens is 500 g/mol. The molecule has 0 fully saturated rings. The lowest BCUT2D eigenvalue weighted by Gasteiger charge is -2.30. The second kappa shape index (κ2) is 16.4.